The smallest absolute Gasteiger partial charge is 0.338 e. The van der Waals surface area contributed by atoms with Crippen molar-refractivity contribution in [3.8, 4) is 0 Å². The molecule has 1 aromatic carbocycles. The van der Waals surface area contributed by atoms with Gasteiger partial charge in [-0.3, -0.25) is 4.79 Å². The molecule has 24 heavy (non-hydrogen) atoms. The summed E-state index contributed by atoms with van der Waals surface area (Å²) in [6, 6.07) is 7.11. The molecule has 0 radical (unpaired) electrons. The first-order valence-corrected chi connectivity index (χ1v) is 7.86. The number of likely N-dealkylation sites (tertiary alicyclic amines) is 1. The van der Waals surface area contributed by atoms with E-state index in [-0.39, 0.29) is 17.5 Å². The van der Waals surface area contributed by atoms with E-state index in [0.29, 0.717) is 24.2 Å². The Kier molecular flexibility index (Phi) is 3.56. The first kappa shape index (κ1) is 14.6. The first-order chi connectivity index (χ1) is 11.7. The van der Waals surface area contributed by atoms with Crippen LogP contribution in [0.15, 0.2) is 35.3 Å². The van der Waals surface area contributed by atoms with Crippen LogP contribution in [0.3, 0.4) is 0 Å². The van der Waals surface area contributed by atoms with Crippen LogP contribution < -0.4 is 5.69 Å². The van der Waals surface area contributed by atoms with Gasteiger partial charge in [0.15, 0.2) is 0 Å². The van der Waals surface area contributed by atoms with Gasteiger partial charge in [0.2, 0.25) is 0 Å². The van der Waals surface area contributed by atoms with Crippen LogP contribution in [0.2, 0.25) is 0 Å². The molecule has 1 atom stereocenters. The maximum Gasteiger partial charge on any atom is 0.345 e. The molecule has 2 aromatic heterocycles. The number of rotatable bonds is 2. The molecule has 8 heteroatoms. The van der Waals surface area contributed by atoms with Gasteiger partial charge in [0.05, 0.1) is 0 Å². The van der Waals surface area contributed by atoms with Crippen LogP contribution in [-0.2, 0) is 0 Å². The number of fused-ring (bicyclic) bond motifs is 1. The third-order valence-electron chi connectivity index (χ3n) is 4.41. The lowest BCUT2D eigenvalue weighted by molar-refractivity contribution is 0.0706. The van der Waals surface area contributed by atoms with Crippen molar-refractivity contribution in [2.45, 2.75) is 18.8 Å². The summed E-state index contributed by atoms with van der Waals surface area (Å²) in [5.41, 5.74) is 2.48. The minimum Gasteiger partial charge on any atom is -0.338 e. The topological polar surface area (TPSA) is 108 Å². The van der Waals surface area contributed by atoms with Crippen molar-refractivity contribution in [3.63, 3.8) is 0 Å². The Bertz CT molecular complexity index is 947. The fourth-order valence-electron chi connectivity index (χ4n) is 3.19. The quantitative estimate of drug-likeness (QED) is 0.733. The second-order valence-electron chi connectivity index (χ2n) is 5.95. The molecule has 0 bridgehead atoms. The summed E-state index contributed by atoms with van der Waals surface area (Å²) in [4.78, 5) is 32.4. The molecule has 1 unspecified atom stereocenters. The van der Waals surface area contributed by atoms with Gasteiger partial charge >= 0.3 is 5.69 Å². The molecule has 122 valence electrons. The molecule has 0 spiro atoms. The number of piperidine rings is 1. The zero-order valence-corrected chi connectivity index (χ0v) is 12.9. The largest absolute Gasteiger partial charge is 0.345 e. The highest BCUT2D eigenvalue weighted by Gasteiger charge is 2.26. The van der Waals surface area contributed by atoms with Crippen LogP contribution >= 0.6 is 0 Å². The molecule has 0 saturated carbocycles. The normalized spacial score (nSPS) is 18.0. The minimum absolute atomic E-state index is 0.0268. The highest BCUT2D eigenvalue weighted by Crippen LogP contribution is 2.26. The summed E-state index contributed by atoms with van der Waals surface area (Å²) >= 11 is 0. The van der Waals surface area contributed by atoms with E-state index in [1.807, 2.05) is 11.0 Å². The molecule has 1 amide bonds. The highest BCUT2D eigenvalue weighted by atomic mass is 16.2. The molecule has 2 N–H and O–H groups in total. The van der Waals surface area contributed by atoms with E-state index >= 15 is 0 Å². The van der Waals surface area contributed by atoms with E-state index in [9.17, 15) is 9.59 Å². The van der Waals surface area contributed by atoms with Crippen LogP contribution in [0.1, 0.15) is 34.8 Å². The summed E-state index contributed by atoms with van der Waals surface area (Å²) in [6.45, 7) is 1.29. The van der Waals surface area contributed by atoms with Crippen LogP contribution in [0, 0.1) is 0 Å². The van der Waals surface area contributed by atoms with E-state index in [2.05, 4.69) is 25.4 Å². The van der Waals surface area contributed by atoms with Gasteiger partial charge in [-0.1, -0.05) is 0 Å². The predicted molar refractivity (Wildman–Crippen MR) is 86.6 cm³/mol. The number of H-pyrrole nitrogens is 2. The molecule has 1 aliphatic rings. The number of nitrogens with one attached hydrogen (secondary N) is 2. The van der Waals surface area contributed by atoms with Crippen LogP contribution in [0.4, 0.5) is 0 Å². The molecule has 1 aliphatic heterocycles. The number of carbonyl (C=O) groups excluding carboxylic acids is 1. The minimum atomic E-state index is -0.354. The highest BCUT2D eigenvalue weighted by molar-refractivity contribution is 5.97. The standard InChI is InChI=1S/C16H16N6O2/c23-15(10-3-4-13-14(8-10)20-21-19-13)22-7-1-2-11(9-22)12-5-6-17-16(24)18-12/h3-6,8,11H,1-2,7,9H2,(H,17,18,24)(H,19,20,21). The van der Waals surface area contributed by atoms with E-state index in [0.717, 1.165) is 24.1 Å². The fraction of sp³-hybridized carbons (Fsp3) is 0.312. The number of hydrogen-bond acceptors (Lipinski definition) is 5. The van der Waals surface area contributed by atoms with E-state index < -0.39 is 0 Å². The van der Waals surface area contributed by atoms with Gasteiger partial charge in [-0.25, -0.2) is 9.78 Å². The number of amides is 1. The Labute approximate surface area is 136 Å². The van der Waals surface area contributed by atoms with Gasteiger partial charge in [-0.2, -0.15) is 15.4 Å². The zero-order chi connectivity index (χ0) is 16.5. The fourth-order valence-corrected chi connectivity index (χ4v) is 3.19. The van der Waals surface area contributed by atoms with Crippen LogP contribution in [0.25, 0.3) is 11.0 Å². The lowest BCUT2D eigenvalue weighted by Gasteiger charge is -2.32. The van der Waals surface area contributed by atoms with Crippen molar-refractivity contribution >= 4 is 16.9 Å². The van der Waals surface area contributed by atoms with Crippen molar-refractivity contribution in [2.75, 3.05) is 13.1 Å². The molecule has 8 nitrogen and oxygen atoms in total. The Morgan fingerprint density at radius 2 is 2.08 bits per heavy atom. The monoisotopic (exact) mass is 324 g/mol. The molecule has 1 fully saturated rings. The number of aromatic nitrogens is 5. The number of nitrogens with zero attached hydrogens (tertiary/aromatic N) is 4. The van der Waals surface area contributed by atoms with Crippen molar-refractivity contribution in [1.29, 1.82) is 0 Å². The van der Waals surface area contributed by atoms with Gasteiger partial charge in [-0.05, 0) is 37.1 Å². The number of benzene rings is 1. The lowest BCUT2D eigenvalue weighted by atomic mass is 9.94. The van der Waals surface area contributed by atoms with Gasteiger partial charge in [0.1, 0.15) is 11.0 Å². The Balaban J connectivity index is 1.56. The maximum absolute atomic E-state index is 12.8. The molecule has 1 saturated heterocycles. The SMILES string of the molecule is O=C(c1ccc2n[nH]nc2c1)N1CCCC(c2ccnc(=O)[nH]2)C1. The molecule has 0 aliphatic carbocycles. The lowest BCUT2D eigenvalue weighted by Crippen LogP contribution is -2.39. The van der Waals surface area contributed by atoms with Crippen molar-refractivity contribution in [3.05, 3.63) is 52.2 Å². The molecule has 3 aromatic rings. The summed E-state index contributed by atoms with van der Waals surface area (Å²) in [5, 5.41) is 10.6. The predicted octanol–water partition coefficient (Wildman–Crippen LogP) is 1.06. The Hall–Kier alpha value is -3.03. The van der Waals surface area contributed by atoms with Crippen molar-refractivity contribution in [1.82, 2.24) is 30.3 Å². The summed E-state index contributed by atoms with van der Waals surface area (Å²) in [6.07, 6.45) is 3.34. The van der Waals surface area contributed by atoms with Crippen LogP contribution in [-0.4, -0.2) is 49.3 Å². The number of carbonyl (C=O) groups is 1. The third kappa shape index (κ3) is 2.66. The van der Waals surface area contributed by atoms with E-state index in [1.54, 1.807) is 18.2 Å². The second-order valence-corrected chi connectivity index (χ2v) is 5.95. The third-order valence-corrected chi connectivity index (χ3v) is 4.41. The van der Waals surface area contributed by atoms with E-state index in [1.165, 1.54) is 6.20 Å². The van der Waals surface area contributed by atoms with Crippen molar-refractivity contribution < 1.29 is 4.79 Å². The summed E-state index contributed by atoms with van der Waals surface area (Å²) in [5.74, 6) is 0.0928. The molecular weight excluding hydrogens is 308 g/mol. The molecule has 3 heterocycles. The molecule has 4 rings (SSSR count). The maximum atomic E-state index is 12.8. The summed E-state index contributed by atoms with van der Waals surface area (Å²) < 4.78 is 0. The van der Waals surface area contributed by atoms with E-state index in [4.69, 9.17) is 0 Å². The average molecular weight is 324 g/mol. The Morgan fingerprint density at radius 1 is 1.21 bits per heavy atom. The van der Waals surface area contributed by atoms with Gasteiger partial charge in [0, 0.05) is 36.5 Å². The second kappa shape index (κ2) is 5.88. The van der Waals surface area contributed by atoms with Gasteiger partial charge in [-0.15, -0.1) is 0 Å². The van der Waals surface area contributed by atoms with Gasteiger partial charge in [0.25, 0.3) is 5.91 Å². The van der Waals surface area contributed by atoms with Gasteiger partial charge < -0.3 is 9.88 Å². The van der Waals surface area contributed by atoms with Crippen molar-refractivity contribution in [2.24, 2.45) is 0 Å². The Morgan fingerprint density at radius 3 is 2.96 bits per heavy atom. The number of hydrogen-bond donors (Lipinski definition) is 2. The average Bonchev–Trinajstić information content (AvgIpc) is 3.09. The number of aromatic amines is 2. The molecular formula is C16H16N6O2. The summed E-state index contributed by atoms with van der Waals surface area (Å²) in [7, 11) is 0. The first-order valence-electron chi connectivity index (χ1n) is 7.86. The zero-order valence-electron chi connectivity index (χ0n) is 12.9. The van der Waals surface area contributed by atoms with Crippen LogP contribution in [0.5, 0.6) is 0 Å².